The zero-order valence-electron chi connectivity index (χ0n) is 25.5. The van der Waals surface area contributed by atoms with Crippen molar-refractivity contribution in [1.82, 2.24) is 19.6 Å². The molecular formula is C32H50N6O2. The maximum absolute atomic E-state index is 11.0. The Bertz CT molecular complexity index is 1050. The summed E-state index contributed by atoms with van der Waals surface area (Å²) in [5.41, 5.74) is 5.76. The Hall–Kier alpha value is -2.78. The molecular weight excluding hydrogens is 500 g/mol. The van der Waals surface area contributed by atoms with Crippen LogP contribution in [0.25, 0.3) is 0 Å². The van der Waals surface area contributed by atoms with Crippen LogP contribution in [0.2, 0.25) is 0 Å². The summed E-state index contributed by atoms with van der Waals surface area (Å²) in [6, 6.07) is 8.17. The summed E-state index contributed by atoms with van der Waals surface area (Å²) in [5, 5.41) is 21.9. The van der Waals surface area contributed by atoms with Gasteiger partial charge in [0.2, 0.25) is 0 Å². The Morgan fingerprint density at radius 2 is 1.05 bits per heavy atom. The normalized spacial score (nSPS) is 15.4. The van der Waals surface area contributed by atoms with Crippen LogP contribution < -0.4 is 0 Å². The first kappa shape index (κ1) is 31.7. The van der Waals surface area contributed by atoms with Gasteiger partial charge in [-0.15, -0.1) is 0 Å². The highest BCUT2D eigenvalue weighted by molar-refractivity contribution is 5.85. The van der Waals surface area contributed by atoms with Crippen molar-refractivity contribution in [3.05, 3.63) is 57.6 Å². The van der Waals surface area contributed by atoms with E-state index < -0.39 is 0 Å². The first-order valence-corrected chi connectivity index (χ1v) is 14.5. The fourth-order valence-corrected chi connectivity index (χ4v) is 5.08. The molecule has 3 rings (SSSR count). The fourth-order valence-electron chi connectivity index (χ4n) is 5.08. The molecule has 220 valence electrons. The Kier molecular flexibility index (Phi) is 12.6. The van der Waals surface area contributed by atoms with Gasteiger partial charge in [0.15, 0.2) is 0 Å². The zero-order valence-corrected chi connectivity index (χ0v) is 25.5. The van der Waals surface area contributed by atoms with Crippen LogP contribution in [-0.2, 0) is 13.1 Å². The standard InChI is InChI=1S/C32H50N6O2/c1-25-17-27(21-33-9-7-11-35(3)4)31(39)29(19-25)23-37-13-15-38(16-14-37)24-30-20-26(2)18-28(32(30)40)22-34-10-8-12-36(5)6/h17-22,39-40H,7-16,23-24H2,1-6H3. The van der Waals surface area contributed by atoms with E-state index in [2.05, 4.69) is 83.8 Å². The molecule has 8 nitrogen and oxygen atoms in total. The molecule has 1 heterocycles. The molecule has 0 atom stereocenters. The van der Waals surface area contributed by atoms with Crippen molar-refractivity contribution in [2.75, 3.05) is 80.5 Å². The van der Waals surface area contributed by atoms with Gasteiger partial charge in [-0.3, -0.25) is 19.8 Å². The number of piperazine rings is 1. The maximum Gasteiger partial charge on any atom is 0.128 e. The third-order valence-electron chi connectivity index (χ3n) is 7.22. The molecule has 2 aromatic carbocycles. The summed E-state index contributed by atoms with van der Waals surface area (Å²) in [5.74, 6) is 0.676. The molecule has 0 spiro atoms. The smallest absolute Gasteiger partial charge is 0.128 e. The first-order chi connectivity index (χ1) is 19.1. The predicted molar refractivity (Wildman–Crippen MR) is 168 cm³/mol. The second kappa shape index (κ2) is 15.9. The second-order valence-corrected chi connectivity index (χ2v) is 11.7. The molecule has 1 aliphatic heterocycles. The van der Waals surface area contributed by atoms with Crippen molar-refractivity contribution in [3.63, 3.8) is 0 Å². The van der Waals surface area contributed by atoms with E-state index in [1.165, 1.54) is 0 Å². The Morgan fingerprint density at radius 3 is 1.40 bits per heavy atom. The molecule has 2 aromatic rings. The molecule has 8 heteroatoms. The van der Waals surface area contributed by atoms with Crippen molar-refractivity contribution < 1.29 is 10.2 Å². The third-order valence-corrected chi connectivity index (χ3v) is 7.22. The number of aliphatic imine (C=N–C) groups is 2. The molecule has 40 heavy (non-hydrogen) atoms. The Balaban J connectivity index is 1.55. The van der Waals surface area contributed by atoms with Crippen LogP contribution >= 0.6 is 0 Å². The molecule has 0 radical (unpaired) electrons. The SMILES string of the molecule is Cc1cc(C=NCCCN(C)C)c(O)c(CN2CCN(Cc3cc(C)cc(C=NCCCN(C)C)c3O)CC2)c1. The van der Waals surface area contributed by atoms with E-state index in [-0.39, 0.29) is 0 Å². The number of phenolic OH excluding ortho intramolecular Hbond substituents is 2. The van der Waals surface area contributed by atoms with E-state index in [0.717, 1.165) is 98.6 Å². The minimum absolute atomic E-state index is 0.338. The number of benzene rings is 2. The average Bonchev–Trinajstić information content (AvgIpc) is 2.89. The van der Waals surface area contributed by atoms with Gasteiger partial charge in [0.25, 0.3) is 0 Å². The largest absolute Gasteiger partial charge is 0.507 e. The summed E-state index contributed by atoms with van der Waals surface area (Å²) in [4.78, 5) is 18.2. The number of hydrogen-bond donors (Lipinski definition) is 2. The molecule has 0 bridgehead atoms. The summed E-state index contributed by atoms with van der Waals surface area (Å²) in [6.07, 6.45) is 5.63. The van der Waals surface area contributed by atoms with Crippen molar-refractivity contribution in [2.24, 2.45) is 9.98 Å². The van der Waals surface area contributed by atoms with Crippen molar-refractivity contribution >= 4 is 12.4 Å². The monoisotopic (exact) mass is 550 g/mol. The first-order valence-electron chi connectivity index (χ1n) is 14.5. The molecule has 1 fully saturated rings. The van der Waals surface area contributed by atoms with Crippen LogP contribution in [0.3, 0.4) is 0 Å². The van der Waals surface area contributed by atoms with Gasteiger partial charge in [0.1, 0.15) is 11.5 Å². The van der Waals surface area contributed by atoms with E-state index in [4.69, 9.17) is 0 Å². The number of aryl methyl sites for hydroxylation is 2. The summed E-state index contributed by atoms with van der Waals surface area (Å²) in [6.45, 7) is 12.7. The second-order valence-electron chi connectivity index (χ2n) is 11.7. The third kappa shape index (κ3) is 10.3. The quantitative estimate of drug-likeness (QED) is 0.275. The predicted octanol–water partition coefficient (Wildman–Crippen LogP) is 3.77. The van der Waals surface area contributed by atoms with Gasteiger partial charge >= 0.3 is 0 Å². The highest BCUT2D eigenvalue weighted by Crippen LogP contribution is 2.27. The molecule has 0 amide bonds. The summed E-state index contributed by atoms with van der Waals surface area (Å²) in [7, 11) is 8.26. The lowest BCUT2D eigenvalue weighted by molar-refractivity contribution is 0.120. The number of hydrogen-bond acceptors (Lipinski definition) is 8. The number of phenols is 2. The molecule has 0 aromatic heterocycles. The van der Waals surface area contributed by atoms with Gasteiger partial charge in [-0.25, -0.2) is 0 Å². The van der Waals surface area contributed by atoms with Crippen LogP contribution in [-0.4, -0.2) is 123 Å². The van der Waals surface area contributed by atoms with Crippen LogP contribution in [0.15, 0.2) is 34.3 Å². The van der Waals surface area contributed by atoms with E-state index in [1.807, 2.05) is 24.6 Å². The van der Waals surface area contributed by atoms with Crippen molar-refractivity contribution in [3.8, 4) is 11.5 Å². The van der Waals surface area contributed by atoms with Crippen LogP contribution in [0, 0.1) is 13.8 Å². The van der Waals surface area contributed by atoms with Gasteiger partial charge in [-0.2, -0.15) is 0 Å². The molecule has 2 N–H and O–H groups in total. The van der Waals surface area contributed by atoms with Crippen molar-refractivity contribution in [1.29, 1.82) is 0 Å². The van der Waals surface area contributed by atoms with Crippen molar-refractivity contribution in [2.45, 2.75) is 39.8 Å². The topological polar surface area (TPSA) is 78.1 Å². The minimum Gasteiger partial charge on any atom is -0.507 e. The molecule has 1 saturated heterocycles. The van der Waals surface area contributed by atoms with E-state index in [9.17, 15) is 10.2 Å². The molecule has 0 unspecified atom stereocenters. The van der Waals surface area contributed by atoms with Gasteiger partial charge < -0.3 is 20.0 Å². The lowest BCUT2D eigenvalue weighted by Gasteiger charge is -2.35. The Morgan fingerprint density at radius 1 is 0.675 bits per heavy atom. The highest BCUT2D eigenvalue weighted by Gasteiger charge is 2.20. The van der Waals surface area contributed by atoms with Gasteiger partial charge in [-0.1, -0.05) is 12.1 Å². The average molecular weight is 551 g/mol. The van der Waals surface area contributed by atoms with E-state index in [0.29, 0.717) is 24.6 Å². The lowest BCUT2D eigenvalue weighted by atomic mass is 10.0. The summed E-state index contributed by atoms with van der Waals surface area (Å²) < 4.78 is 0. The zero-order chi connectivity index (χ0) is 29.1. The molecule has 1 aliphatic rings. The van der Waals surface area contributed by atoms with Crippen LogP contribution in [0.5, 0.6) is 11.5 Å². The van der Waals surface area contributed by atoms with Crippen LogP contribution in [0.1, 0.15) is 46.2 Å². The summed E-state index contributed by atoms with van der Waals surface area (Å²) >= 11 is 0. The van der Waals surface area contributed by atoms with Crippen LogP contribution in [0.4, 0.5) is 0 Å². The number of rotatable bonds is 14. The van der Waals surface area contributed by atoms with Gasteiger partial charge in [0.05, 0.1) is 0 Å². The molecule has 0 saturated carbocycles. The lowest BCUT2D eigenvalue weighted by Crippen LogP contribution is -2.45. The van der Waals surface area contributed by atoms with Gasteiger partial charge in [-0.05, 0) is 91.2 Å². The Labute approximate surface area is 241 Å². The number of nitrogens with zero attached hydrogens (tertiary/aromatic N) is 6. The maximum atomic E-state index is 11.0. The number of aromatic hydroxyl groups is 2. The van der Waals surface area contributed by atoms with E-state index >= 15 is 0 Å². The fraction of sp³-hybridized carbons (Fsp3) is 0.562. The van der Waals surface area contributed by atoms with E-state index in [1.54, 1.807) is 0 Å². The molecule has 0 aliphatic carbocycles. The van der Waals surface area contributed by atoms with Gasteiger partial charge in [0, 0.05) is 87.0 Å². The minimum atomic E-state index is 0.338. The highest BCUT2D eigenvalue weighted by atomic mass is 16.3.